The molecule has 0 spiro atoms. The summed E-state index contributed by atoms with van der Waals surface area (Å²) in [6.45, 7) is -0.0270. The lowest BCUT2D eigenvalue weighted by molar-refractivity contribution is -0.143. The zero-order chi connectivity index (χ0) is 21.2. The minimum atomic E-state index is -0.580. The minimum absolute atomic E-state index is 0.0609. The third-order valence-corrected chi connectivity index (χ3v) is 4.22. The van der Waals surface area contributed by atoms with E-state index >= 15 is 0 Å². The Bertz CT molecular complexity index is 831. The van der Waals surface area contributed by atoms with Gasteiger partial charge in [0.1, 0.15) is 25.5 Å². The molecule has 0 aliphatic carbocycles. The maximum absolute atomic E-state index is 12.3. The molecule has 2 aromatic carbocycles. The molecular formula is C20H22BrNO7. The molecule has 29 heavy (non-hydrogen) atoms. The number of nitrogens with one attached hydrogen (secondary N) is 1. The van der Waals surface area contributed by atoms with Crippen molar-refractivity contribution < 1.29 is 33.3 Å². The molecule has 156 valence electrons. The number of hydrogen-bond donors (Lipinski definition) is 1. The van der Waals surface area contributed by atoms with Crippen LogP contribution in [0.25, 0.3) is 0 Å². The van der Waals surface area contributed by atoms with E-state index in [1.54, 1.807) is 12.1 Å². The van der Waals surface area contributed by atoms with Crippen molar-refractivity contribution in [1.29, 1.82) is 0 Å². The number of rotatable bonds is 10. The van der Waals surface area contributed by atoms with E-state index in [2.05, 4.69) is 21.2 Å². The summed E-state index contributed by atoms with van der Waals surface area (Å²) in [5.74, 6) is 0.645. The van der Waals surface area contributed by atoms with Crippen molar-refractivity contribution in [2.24, 2.45) is 0 Å². The van der Waals surface area contributed by atoms with Gasteiger partial charge in [0.05, 0.1) is 21.3 Å². The van der Waals surface area contributed by atoms with Crippen LogP contribution in [0.15, 0.2) is 40.9 Å². The van der Waals surface area contributed by atoms with Crippen molar-refractivity contribution in [1.82, 2.24) is 5.32 Å². The molecule has 0 aromatic heterocycles. The Balaban J connectivity index is 1.81. The van der Waals surface area contributed by atoms with E-state index in [9.17, 15) is 9.59 Å². The van der Waals surface area contributed by atoms with Gasteiger partial charge >= 0.3 is 5.97 Å². The Morgan fingerprint density at radius 3 is 2.24 bits per heavy atom. The maximum Gasteiger partial charge on any atom is 0.325 e. The Morgan fingerprint density at radius 1 is 0.966 bits per heavy atom. The highest BCUT2D eigenvalue weighted by Gasteiger charge is 2.17. The van der Waals surface area contributed by atoms with Gasteiger partial charge in [0, 0.05) is 10.0 Å². The van der Waals surface area contributed by atoms with Gasteiger partial charge in [-0.05, 0) is 30.3 Å². The molecule has 2 aromatic rings. The fourth-order valence-corrected chi connectivity index (χ4v) is 2.77. The monoisotopic (exact) mass is 467 g/mol. The van der Waals surface area contributed by atoms with Crippen LogP contribution in [0.5, 0.6) is 23.0 Å². The van der Waals surface area contributed by atoms with Gasteiger partial charge in [-0.15, -0.1) is 0 Å². The first-order valence-corrected chi connectivity index (χ1v) is 9.40. The summed E-state index contributed by atoms with van der Waals surface area (Å²) in [5.41, 5.74) is 0.255. The Morgan fingerprint density at radius 2 is 1.66 bits per heavy atom. The van der Waals surface area contributed by atoms with Crippen LogP contribution in [0.2, 0.25) is 0 Å². The molecule has 0 radical (unpaired) electrons. The van der Waals surface area contributed by atoms with Crippen LogP contribution in [0.3, 0.4) is 0 Å². The third kappa shape index (κ3) is 6.56. The van der Waals surface area contributed by atoms with Crippen LogP contribution in [0, 0.1) is 0 Å². The molecule has 0 unspecified atom stereocenters. The molecule has 1 amide bonds. The van der Waals surface area contributed by atoms with Crippen LogP contribution < -0.4 is 24.3 Å². The zero-order valence-corrected chi connectivity index (χ0v) is 17.9. The molecule has 0 bridgehead atoms. The van der Waals surface area contributed by atoms with Gasteiger partial charge in [-0.2, -0.15) is 0 Å². The van der Waals surface area contributed by atoms with Gasteiger partial charge in [-0.3, -0.25) is 9.59 Å². The lowest BCUT2D eigenvalue weighted by Gasteiger charge is -2.14. The summed E-state index contributed by atoms with van der Waals surface area (Å²) in [6, 6.07) is 10.3. The fourth-order valence-electron chi connectivity index (χ4n) is 2.39. The van der Waals surface area contributed by atoms with Crippen LogP contribution >= 0.6 is 15.9 Å². The first kappa shape index (κ1) is 22.4. The van der Waals surface area contributed by atoms with E-state index in [1.807, 2.05) is 12.1 Å². The van der Waals surface area contributed by atoms with Crippen LogP contribution in [-0.4, -0.2) is 53.0 Å². The molecule has 0 saturated carbocycles. The lowest BCUT2D eigenvalue weighted by Crippen LogP contribution is -2.31. The van der Waals surface area contributed by atoms with Gasteiger partial charge in [0.15, 0.2) is 11.5 Å². The number of esters is 1. The highest BCUT2D eigenvalue weighted by Crippen LogP contribution is 2.38. The maximum atomic E-state index is 12.3. The van der Waals surface area contributed by atoms with Crippen LogP contribution in [0.1, 0.15) is 10.4 Å². The van der Waals surface area contributed by atoms with Gasteiger partial charge in [-0.1, -0.05) is 22.0 Å². The van der Waals surface area contributed by atoms with E-state index in [1.165, 1.54) is 33.5 Å². The van der Waals surface area contributed by atoms with E-state index in [0.29, 0.717) is 23.0 Å². The second-order valence-corrected chi connectivity index (χ2v) is 6.54. The molecule has 1 N–H and O–H groups in total. The van der Waals surface area contributed by atoms with Gasteiger partial charge in [0.25, 0.3) is 5.91 Å². The first-order chi connectivity index (χ1) is 14.0. The molecular weight excluding hydrogens is 446 g/mol. The Kier molecular flexibility index (Phi) is 8.60. The normalized spacial score (nSPS) is 10.1. The number of hydrogen-bond acceptors (Lipinski definition) is 7. The summed E-state index contributed by atoms with van der Waals surface area (Å²) in [4.78, 5) is 24.2. The fraction of sp³-hybridized carbons (Fsp3) is 0.300. The van der Waals surface area contributed by atoms with E-state index in [4.69, 9.17) is 23.7 Å². The Labute approximate surface area is 177 Å². The molecule has 0 saturated heterocycles. The molecule has 2 rings (SSSR count). The number of ether oxygens (including phenoxy) is 5. The standard InChI is InChI=1S/C20H22BrNO7/c1-25-16-9-13(10-17(26-2)19(16)27-3)20(24)22-12-18(23)29-8-7-28-15-6-4-5-14(21)11-15/h4-6,9-11H,7-8,12H2,1-3H3,(H,22,24). The van der Waals surface area contributed by atoms with Crippen LogP contribution in [-0.2, 0) is 9.53 Å². The number of benzene rings is 2. The van der Waals surface area contributed by atoms with E-state index in [-0.39, 0.29) is 25.3 Å². The van der Waals surface area contributed by atoms with Crippen molar-refractivity contribution >= 4 is 27.8 Å². The third-order valence-electron chi connectivity index (χ3n) is 3.73. The first-order valence-electron chi connectivity index (χ1n) is 8.60. The second kappa shape index (κ2) is 11.2. The highest BCUT2D eigenvalue weighted by atomic mass is 79.9. The molecule has 9 heteroatoms. The van der Waals surface area contributed by atoms with Crippen LogP contribution in [0.4, 0.5) is 0 Å². The summed E-state index contributed by atoms with van der Waals surface area (Å²) in [6.07, 6.45) is 0. The topological polar surface area (TPSA) is 92.3 Å². The summed E-state index contributed by atoms with van der Waals surface area (Å²) < 4.78 is 27.0. The minimum Gasteiger partial charge on any atom is -0.493 e. The van der Waals surface area contributed by atoms with E-state index < -0.39 is 11.9 Å². The van der Waals surface area contributed by atoms with Gasteiger partial charge < -0.3 is 29.0 Å². The number of carbonyl (C=O) groups is 2. The van der Waals surface area contributed by atoms with Gasteiger partial charge in [-0.25, -0.2) is 0 Å². The zero-order valence-electron chi connectivity index (χ0n) is 16.3. The molecule has 8 nitrogen and oxygen atoms in total. The predicted octanol–water partition coefficient (Wildman–Crippen LogP) is 2.83. The van der Waals surface area contributed by atoms with Gasteiger partial charge in [0.2, 0.25) is 5.75 Å². The number of halogens is 1. The van der Waals surface area contributed by atoms with Crippen molar-refractivity contribution in [3.63, 3.8) is 0 Å². The van der Waals surface area contributed by atoms with Crippen molar-refractivity contribution in [2.75, 3.05) is 41.1 Å². The number of amides is 1. The molecule has 0 heterocycles. The average molecular weight is 468 g/mol. The second-order valence-electron chi connectivity index (χ2n) is 5.62. The highest BCUT2D eigenvalue weighted by molar-refractivity contribution is 9.10. The average Bonchev–Trinajstić information content (AvgIpc) is 2.73. The largest absolute Gasteiger partial charge is 0.493 e. The molecule has 0 aliphatic rings. The SMILES string of the molecule is COc1cc(C(=O)NCC(=O)OCCOc2cccc(Br)c2)cc(OC)c1OC. The molecule has 0 fully saturated rings. The lowest BCUT2D eigenvalue weighted by atomic mass is 10.1. The molecule has 0 aliphatic heterocycles. The van der Waals surface area contributed by atoms with Crippen molar-refractivity contribution in [3.8, 4) is 23.0 Å². The summed E-state index contributed by atoms with van der Waals surface area (Å²) >= 11 is 3.35. The quantitative estimate of drug-likeness (QED) is 0.424. The predicted molar refractivity (Wildman–Crippen MR) is 109 cm³/mol. The van der Waals surface area contributed by atoms with E-state index in [0.717, 1.165) is 4.47 Å². The Hall–Kier alpha value is -2.94. The van der Waals surface area contributed by atoms with Crippen molar-refractivity contribution in [3.05, 3.63) is 46.4 Å². The smallest absolute Gasteiger partial charge is 0.325 e. The number of methoxy groups -OCH3 is 3. The molecule has 0 atom stereocenters. The number of carbonyl (C=O) groups excluding carboxylic acids is 2. The summed E-state index contributed by atoms with van der Waals surface area (Å²) in [5, 5.41) is 2.49. The summed E-state index contributed by atoms with van der Waals surface area (Å²) in [7, 11) is 4.37. The van der Waals surface area contributed by atoms with Crippen molar-refractivity contribution in [2.45, 2.75) is 0 Å².